The lowest BCUT2D eigenvalue weighted by molar-refractivity contribution is 0.561. The number of sulfonamides is 1. The molecule has 0 saturated carbocycles. The lowest BCUT2D eigenvalue weighted by Crippen LogP contribution is -2.24. The van der Waals surface area contributed by atoms with Crippen LogP contribution >= 0.6 is 0 Å². The average molecular weight is 292 g/mol. The van der Waals surface area contributed by atoms with Gasteiger partial charge in [0.15, 0.2) is 0 Å². The van der Waals surface area contributed by atoms with Gasteiger partial charge in [0.1, 0.15) is 0 Å². The molecule has 5 heteroatoms. The van der Waals surface area contributed by atoms with Crippen LogP contribution in [0.3, 0.4) is 0 Å². The van der Waals surface area contributed by atoms with Crippen molar-refractivity contribution < 1.29 is 8.42 Å². The summed E-state index contributed by atoms with van der Waals surface area (Å²) in [5, 5.41) is 10.7. The number of hydrogen-bond acceptors (Lipinski definition) is 3. The van der Waals surface area contributed by atoms with Gasteiger partial charge >= 0.3 is 0 Å². The smallest absolute Gasteiger partial charge is 0.209 e. The van der Waals surface area contributed by atoms with Crippen LogP contribution in [0, 0.1) is 0 Å². The number of fused-ring (bicyclic) bond motifs is 1. The van der Waals surface area contributed by atoms with Crippen molar-refractivity contribution in [2.75, 3.05) is 12.3 Å². The summed E-state index contributed by atoms with van der Waals surface area (Å²) in [5.41, 5.74) is 1.19. The molecule has 0 aromatic heterocycles. The largest absolute Gasteiger partial charge is 0.310 e. The van der Waals surface area contributed by atoms with Crippen LogP contribution in [-0.4, -0.2) is 20.7 Å². The summed E-state index contributed by atoms with van der Waals surface area (Å²) in [4.78, 5) is 0. The van der Waals surface area contributed by atoms with E-state index < -0.39 is 10.0 Å². The van der Waals surface area contributed by atoms with E-state index in [1.54, 1.807) is 0 Å². The molecule has 0 aliphatic carbocycles. The first-order chi connectivity index (χ1) is 9.46. The summed E-state index contributed by atoms with van der Waals surface area (Å²) < 4.78 is 21.7. The molecule has 2 aromatic rings. The summed E-state index contributed by atoms with van der Waals surface area (Å²) in [6, 6.07) is 14.8. The third kappa shape index (κ3) is 4.30. The monoisotopic (exact) mass is 292 g/mol. The quantitative estimate of drug-likeness (QED) is 0.801. The third-order valence-corrected chi connectivity index (χ3v) is 4.19. The Balaban J connectivity index is 1.95. The molecule has 0 fully saturated rings. The fourth-order valence-corrected chi connectivity index (χ4v) is 2.73. The zero-order valence-electron chi connectivity index (χ0n) is 11.5. The van der Waals surface area contributed by atoms with Crippen LogP contribution in [0.4, 0.5) is 0 Å². The van der Waals surface area contributed by atoms with E-state index in [9.17, 15) is 8.42 Å². The molecule has 0 radical (unpaired) electrons. The maximum Gasteiger partial charge on any atom is 0.209 e. The number of primary sulfonamides is 1. The molecule has 0 bridgehead atoms. The van der Waals surface area contributed by atoms with Gasteiger partial charge in [-0.25, -0.2) is 13.6 Å². The molecule has 1 atom stereocenters. The van der Waals surface area contributed by atoms with Crippen molar-refractivity contribution in [1.29, 1.82) is 0 Å². The number of nitrogens with two attached hydrogens (primary N) is 1. The van der Waals surface area contributed by atoms with Crippen LogP contribution in [0.25, 0.3) is 10.8 Å². The number of rotatable bonds is 6. The lowest BCUT2D eigenvalue weighted by Gasteiger charge is -2.14. The van der Waals surface area contributed by atoms with Crippen molar-refractivity contribution in [3.8, 4) is 0 Å². The molecular weight excluding hydrogens is 272 g/mol. The Morgan fingerprint density at radius 1 is 1.15 bits per heavy atom. The minimum atomic E-state index is -3.36. The fraction of sp³-hybridized carbons (Fsp3) is 0.333. The summed E-state index contributed by atoms with van der Waals surface area (Å²) in [7, 11) is -3.36. The summed E-state index contributed by atoms with van der Waals surface area (Å²) in [6.45, 7) is 2.70. The molecular formula is C15H20N2O2S. The van der Waals surface area contributed by atoms with Crippen molar-refractivity contribution in [2.24, 2.45) is 5.14 Å². The number of hydrogen-bond donors (Lipinski definition) is 2. The fourth-order valence-electron chi connectivity index (χ4n) is 2.19. The summed E-state index contributed by atoms with van der Waals surface area (Å²) in [5.74, 6) is 0.0183. The first kappa shape index (κ1) is 15.0. The van der Waals surface area contributed by atoms with Crippen LogP contribution in [0.2, 0.25) is 0 Å². The van der Waals surface area contributed by atoms with Gasteiger partial charge in [-0.15, -0.1) is 0 Å². The Morgan fingerprint density at radius 2 is 1.85 bits per heavy atom. The molecule has 2 aromatic carbocycles. The van der Waals surface area contributed by atoms with Gasteiger partial charge < -0.3 is 5.32 Å². The number of nitrogens with one attached hydrogen (secondary N) is 1. The third-order valence-electron chi connectivity index (χ3n) is 3.33. The van der Waals surface area contributed by atoms with E-state index in [0.717, 1.165) is 0 Å². The van der Waals surface area contributed by atoms with Gasteiger partial charge in [-0.1, -0.05) is 36.4 Å². The highest BCUT2D eigenvalue weighted by Crippen LogP contribution is 2.20. The van der Waals surface area contributed by atoms with Crippen LogP contribution in [-0.2, 0) is 10.0 Å². The molecule has 0 saturated heterocycles. The first-order valence-corrected chi connectivity index (χ1v) is 8.40. The van der Waals surface area contributed by atoms with Gasteiger partial charge in [-0.05, 0) is 42.3 Å². The van der Waals surface area contributed by atoms with Crippen LogP contribution < -0.4 is 10.5 Å². The van der Waals surface area contributed by atoms with Gasteiger partial charge in [-0.2, -0.15) is 0 Å². The second-order valence-corrected chi connectivity index (χ2v) is 6.74. The Kier molecular flexibility index (Phi) is 4.75. The Bertz CT molecular complexity index is 683. The van der Waals surface area contributed by atoms with Gasteiger partial charge in [-0.3, -0.25) is 0 Å². The van der Waals surface area contributed by atoms with Crippen molar-refractivity contribution in [3.63, 3.8) is 0 Å². The highest BCUT2D eigenvalue weighted by molar-refractivity contribution is 7.89. The van der Waals surface area contributed by atoms with Crippen molar-refractivity contribution in [2.45, 2.75) is 19.4 Å². The first-order valence-electron chi connectivity index (χ1n) is 6.68. The normalized spacial score (nSPS) is 13.5. The molecule has 2 rings (SSSR count). The summed E-state index contributed by atoms with van der Waals surface area (Å²) in [6.07, 6.45) is 0.525. The van der Waals surface area contributed by atoms with Crippen molar-refractivity contribution >= 4 is 20.8 Å². The predicted octanol–water partition coefficient (Wildman–Crippen LogP) is 2.17. The molecule has 108 valence electrons. The van der Waals surface area contributed by atoms with Gasteiger partial charge in [0.25, 0.3) is 0 Å². The lowest BCUT2D eigenvalue weighted by atomic mass is 10.0. The van der Waals surface area contributed by atoms with E-state index in [2.05, 4.69) is 42.6 Å². The minimum absolute atomic E-state index is 0.0183. The van der Waals surface area contributed by atoms with Gasteiger partial charge in [0.2, 0.25) is 10.0 Å². The SMILES string of the molecule is C[C@H](NCCCS(N)(=O)=O)c1ccc2ccccc2c1. The molecule has 20 heavy (non-hydrogen) atoms. The molecule has 0 heterocycles. The molecule has 0 aliphatic rings. The minimum Gasteiger partial charge on any atom is -0.310 e. The van der Waals surface area contributed by atoms with Crippen LogP contribution in [0.1, 0.15) is 24.9 Å². The van der Waals surface area contributed by atoms with E-state index in [1.807, 2.05) is 12.1 Å². The molecule has 4 nitrogen and oxygen atoms in total. The topological polar surface area (TPSA) is 72.2 Å². The van der Waals surface area contributed by atoms with Crippen molar-refractivity contribution in [3.05, 3.63) is 48.0 Å². The molecule has 0 amide bonds. The zero-order valence-corrected chi connectivity index (χ0v) is 12.4. The molecule has 3 N–H and O–H groups in total. The van der Waals surface area contributed by atoms with Crippen LogP contribution in [0.15, 0.2) is 42.5 Å². The maximum atomic E-state index is 10.8. The van der Waals surface area contributed by atoms with Crippen molar-refractivity contribution in [1.82, 2.24) is 5.32 Å². The van der Waals surface area contributed by atoms with E-state index in [1.165, 1.54) is 16.3 Å². The Morgan fingerprint density at radius 3 is 2.55 bits per heavy atom. The van der Waals surface area contributed by atoms with E-state index in [4.69, 9.17) is 5.14 Å². The standard InChI is InChI=1S/C15H20N2O2S/c1-12(17-9-4-10-20(16,18)19)14-8-7-13-5-2-3-6-15(13)11-14/h2-3,5-8,11-12,17H,4,9-10H2,1H3,(H2,16,18,19)/t12-/m0/s1. The van der Waals surface area contributed by atoms with E-state index >= 15 is 0 Å². The Hall–Kier alpha value is -1.43. The summed E-state index contributed by atoms with van der Waals surface area (Å²) >= 11 is 0. The van der Waals surface area contributed by atoms with Crippen LogP contribution in [0.5, 0.6) is 0 Å². The molecule has 0 unspecified atom stereocenters. The van der Waals surface area contributed by atoms with Gasteiger partial charge in [0, 0.05) is 6.04 Å². The second-order valence-electron chi connectivity index (χ2n) is 5.00. The van der Waals surface area contributed by atoms with E-state index in [0.29, 0.717) is 13.0 Å². The van der Waals surface area contributed by atoms with Gasteiger partial charge in [0.05, 0.1) is 5.75 Å². The molecule has 0 spiro atoms. The average Bonchev–Trinajstić information content (AvgIpc) is 2.42. The highest BCUT2D eigenvalue weighted by Gasteiger charge is 2.07. The Labute approximate surface area is 120 Å². The highest BCUT2D eigenvalue weighted by atomic mass is 32.2. The number of benzene rings is 2. The predicted molar refractivity (Wildman–Crippen MR) is 83.0 cm³/mol. The second kappa shape index (κ2) is 6.35. The maximum absolute atomic E-state index is 10.8. The zero-order chi connectivity index (χ0) is 14.6. The molecule has 0 aliphatic heterocycles. The van der Waals surface area contributed by atoms with E-state index in [-0.39, 0.29) is 11.8 Å².